The molecule has 1 aliphatic heterocycles. The number of hydrogen-bond donors (Lipinski definition) is 2. The lowest BCUT2D eigenvalue weighted by Gasteiger charge is -2.26. The van der Waals surface area contributed by atoms with Crippen LogP contribution in [0.4, 0.5) is 11.6 Å². The van der Waals surface area contributed by atoms with Crippen molar-refractivity contribution in [2.45, 2.75) is 6.10 Å². The number of aromatic nitrogens is 2. The Bertz CT molecular complexity index is 916. The SMILES string of the molecule is O=C(NCC1COc2ccccc2O1)c1cnc(Nc2ccccc2)nc1. The Hall–Kier alpha value is -3.61. The molecule has 4 rings (SSSR count). The van der Waals surface area contributed by atoms with Crippen LogP contribution < -0.4 is 20.1 Å². The van der Waals surface area contributed by atoms with Gasteiger partial charge in [-0.15, -0.1) is 0 Å². The van der Waals surface area contributed by atoms with E-state index in [1.54, 1.807) is 0 Å². The van der Waals surface area contributed by atoms with Gasteiger partial charge < -0.3 is 20.1 Å². The third-order valence-electron chi connectivity index (χ3n) is 4.00. The number of carbonyl (C=O) groups is 1. The molecule has 7 heteroatoms. The average Bonchev–Trinajstić information content (AvgIpc) is 2.73. The Kier molecular flexibility index (Phi) is 4.82. The first kappa shape index (κ1) is 16.8. The lowest BCUT2D eigenvalue weighted by atomic mass is 10.2. The van der Waals surface area contributed by atoms with Gasteiger partial charge in [-0.1, -0.05) is 30.3 Å². The van der Waals surface area contributed by atoms with Crippen LogP contribution in [0.15, 0.2) is 67.0 Å². The summed E-state index contributed by atoms with van der Waals surface area (Å²) in [6.07, 6.45) is 2.73. The molecule has 0 radical (unpaired) electrons. The molecule has 1 unspecified atom stereocenters. The van der Waals surface area contributed by atoms with Crippen molar-refractivity contribution in [1.82, 2.24) is 15.3 Å². The lowest BCUT2D eigenvalue weighted by Crippen LogP contribution is -2.40. The molecule has 0 saturated carbocycles. The highest BCUT2D eigenvalue weighted by Crippen LogP contribution is 2.30. The quantitative estimate of drug-likeness (QED) is 0.726. The minimum absolute atomic E-state index is 0.246. The van der Waals surface area contributed by atoms with Gasteiger partial charge in [0.15, 0.2) is 11.5 Å². The van der Waals surface area contributed by atoms with E-state index in [2.05, 4.69) is 20.6 Å². The maximum atomic E-state index is 12.3. The number of nitrogens with zero attached hydrogens (tertiary/aromatic N) is 2. The van der Waals surface area contributed by atoms with Crippen molar-refractivity contribution in [2.75, 3.05) is 18.5 Å². The summed E-state index contributed by atoms with van der Waals surface area (Å²) in [6.45, 7) is 0.713. The Labute approximate surface area is 156 Å². The van der Waals surface area contributed by atoms with Gasteiger partial charge in [0, 0.05) is 18.1 Å². The molecule has 3 aromatic rings. The van der Waals surface area contributed by atoms with E-state index in [1.807, 2.05) is 54.6 Å². The summed E-state index contributed by atoms with van der Waals surface area (Å²) in [4.78, 5) is 20.7. The van der Waals surface area contributed by atoms with Gasteiger partial charge in [-0.25, -0.2) is 9.97 Å². The van der Waals surface area contributed by atoms with E-state index < -0.39 is 0 Å². The molecule has 0 bridgehead atoms. The zero-order valence-corrected chi connectivity index (χ0v) is 14.5. The Morgan fingerprint density at radius 1 is 1.00 bits per heavy atom. The van der Waals surface area contributed by atoms with E-state index in [0.717, 1.165) is 11.4 Å². The largest absolute Gasteiger partial charge is 0.486 e. The molecule has 1 aromatic heterocycles. The summed E-state index contributed by atoms with van der Waals surface area (Å²) in [5.41, 5.74) is 1.26. The third kappa shape index (κ3) is 4.14. The Morgan fingerprint density at radius 3 is 2.48 bits per heavy atom. The topological polar surface area (TPSA) is 85.4 Å². The molecule has 0 saturated heterocycles. The molecule has 2 heterocycles. The summed E-state index contributed by atoms with van der Waals surface area (Å²) in [6, 6.07) is 17.1. The first-order chi connectivity index (χ1) is 13.3. The van der Waals surface area contributed by atoms with Crippen LogP contribution in [0.2, 0.25) is 0 Å². The van der Waals surface area contributed by atoms with Gasteiger partial charge in [-0.05, 0) is 24.3 Å². The molecule has 1 aliphatic rings. The molecule has 0 fully saturated rings. The van der Waals surface area contributed by atoms with Crippen molar-refractivity contribution in [3.8, 4) is 11.5 Å². The average molecular weight is 362 g/mol. The number of fused-ring (bicyclic) bond motifs is 1. The molecule has 0 spiro atoms. The minimum Gasteiger partial charge on any atom is -0.486 e. The first-order valence-electron chi connectivity index (χ1n) is 8.59. The molecular formula is C20H18N4O3. The number of hydrogen-bond acceptors (Lipinski definition) is 6. The van der Waals surface area contributed by atoms with Crippen molar-refractivity contribution in [1.29, 1.82) is 0 Å². The smallest absolute Gasteiger partial charge is 0.254 e. The Balaban J connectivity index is 1.31. The van der Waals surface area contributed by atoms with Crippen LogP contribution in [0.25, 0.3) is 0 Å². The standard InChI is InChI=1S/C20H18N4O3/c25-19(21-12-16-13-26-17-8-4-5-9-18(17)27-16)14-10-22-20(23-11-14)24-15-6-2-1-3-7-15/h1-11,16H,12-13H2,(H,21,25)(H,22,23,24). The Morgan fingerprint density at radius 2 is 1.70 bits per heavy atom. The number of rotatable bonds is 5. The van der Waals surface area contributed by atoms with Gasteiger partial charge in [-0.2, -0.15) is 0 Å². The van der Waals surface area contributed by atoms with Crippen molar-refractivity contribution in [3.63, 3.8) is 0 Å². The van der Waals surface area contributed by atoms with E-state index >= 15 is 0 Å². The second kappa shape index (κ2) is 7.74. The molecule has 136 valence electrons. The van der Waals surface area contributed by atoms with Gasteiger partial charge in [0.25, 0.3) is 5.91 Å². The van der Waals surface area contributed by atoms with E-state index in [9.17, 15) is 4.79 Å². The number of anilines is 2. The van der Waals surface area contributed by atoms with Crippen LogP contribution in [-0.4, -0.2) is 35.1 Å². The minimum atomic E-state index is -0.260. The maximum absolute atomic E-state index is 12.3. The van der Waals surface area contributed by atoms with Crippen LogP contribution in [0.1, 0.15) is 10.4 Å². The van der Waals surface area contributed by atoms with E-state index in [1.165, 1.54) is 12.4 Å². The summed E-state index contributed by atoms with van der Waals surface area (Å²) < 4.78 is 11.5. The molecule has 2 aromatic carbocycles. The maximum Gasteiger partial charge on any atom is 0.254 e. The van der Waals surface area contributed by atoms with Crippen molar-refractivity contribution in [2.24, 2.45) is 0 Å². The number of nitrogens with one attached hydrogen (secondary N) is 2. The zero-order valence-electron chi connectivity index (χ0n) is 14.5. The monoisotopic (exact) mass is 362 g/mol. The van der Waals surface area contributed by atoms with Gasteiger partial charge in [-0.3, -0.25) is 4.79 Å². The number of ether oxygens (including phenoxy) is 2. The van der Waals surface area contributed by atoms with Gasteiger partial charge in [0.05, 0.1) is 12.1 Å². The predicted molar refractivity (Wildman–Crippen MR) is 100 cm³/mol. The molecule has 7 nitrogen and oxygen atoms in total. The second-order valence-corrected chi connectivity index (χ2v) is 5.99. The summed E-state index contributed by atoms with van der Waals surface area (Å²) in [7, 11) is 0. The van der Waals surface area contributed by atoms with Crippen LogP contribution >= 0.6 is 0 Å². The molecular weight excluding hydrogens is 344 g/mol. The van der Waals surface area contributed by atoms with E-state index in [4.69, 9.17) is 9.47 Å². The van der Waals surface area contributed by atoms with E-state index in [-0.39, 0.29) is 12.0 Å². The molecule has 2 N–H and O–H groups in total. The molecule has 1 atom stereocenters. The van der Waals surface area contributed by atoms with Gasteiger partial charge in [0.2, 0.25) is 5.95 Å². The fraction of sp³-hybridized carbons (Fsp3) is 0.150. The molecule has 1 amide bonds. The second-order valence-electron chi connectivity index (χ2n) is 5.99. The van der Waals surface area contributed by atoms with Crippen molar-refractivity contribution in [3.05, 3.63) is 72.6 Å². The normalized spacial score (nSPS) is 15.0. The summed E-state index contributed by atoms with van der Waals surface area (Å²) in [5, 5.41) is 5.90. The highest BCUT2D eigenvalue weighted by Gasteiger charge is 2.21. The fourth-order valence-electron chi connectivity index (χ4n) is 2.63. The number of para-hydroxylation sites is 3. The highest BCUT2D eigenvalue weighted by atomic mass is 16.6. The molecule has 27 heavy (non-hydrogen) atoms. The first-order valence-corrected chi connectivity index (χ1v) is 8.59. The third-order valence-corrected chi connectivity index (χ3v) is 4.00. The fourth-order valence-corrected chi connectivity index (χ4v) is 2.63. The van der Waals surface area contributed by atoms with E-state index in [0.29, 0.717) is 30.4 Å². The van der Waals surface area contributed by atoms with Gasteiger partial charge in [0.1, 0.15) is 12.7 Å². The van der Waals surface area contributed by atoms with Crippen LogP contribution in [0, 0.1) is 0 Å². The van der Waals surface area contributed by atoms with Crippen LogP contribution in [0.3, 0.4) is 0 Å². The number of carbonyl (C=O) groups excluding carboxylic acids is 1. The highest BCUT2D eigenvalue weighted by molar-refractivity contribution is 5.93. The van der Waals surface area contributed by atoms with Crippen LogP contribution in [0.5, 0.6) is 11.5 Å². The summed E-state index contributed by atoms with van der Waals surface area (Å²) in [5.74, 6) is 1.57. The van der Waals surface area contributed by atoms with Crippen molar-refractivity contribution >= 4 is 17.5 Å². The number of amides is 1. The summed E-state index contributed by atoms with van der Waals surface area (Å²) >= 11 is 0. The molecule has 0 aliphatic carbocycles. The zero-order chi connectivity index (χ0) is 18.5. The number of benzene rings is 2. The lowest BCUT2D eigenvalue weighted by molar-refractivity contribution is 0.0789. The van der Waals surface area contributed by atoms with Crippen molar-refractivity contribution < 1.29 is 14.3 Å². The predicted octanol–water partition coefficient (Wildman–Crippen LogP) is 2.79. The van der Waals surface area contributed by atoms with Gasteiger partial charge >= 0.3 is 0 Å². The van der Waals surface area contributed by atoms with Crippen LogP contribution in [-0.2, 0) is 0 Å².